The number of thioether (sulfide) groups is 1. The molecule has 0 unspecified atom stereocenters. The van der Waals surface area contributed by atoms with Gasteiger partial charge in [0.05, 0.1) is 16.9 Å². The fourth-order valence-electron chi connectivity index (χ4n) is 3.01. The molecule has 0 aliphatic rings. The lowest BCUT2D eigenvalue weighted by atomic mass is 10.1. The molecule has 3 heterocycles. The van der Waals surface area contributed by atoms with E-state index in [0.29, 0.717) is 28.9 Å². The van der Waals surface area contributed by atoms with Crippen LogP contribution in [0.5, 0.6) is 0 Å². The normalized spacial score (nSPS) is 11.2. The van der Waals surface area contributed by atoms with E-state index < -0.39 is 0 Å². The minimum atomic E-state index is -0.192. The third-order valence-electron chi connectivity index (χ3n) is 4.80. The van der Waals surface area contributed by atoms with Gasteiger partial charge in [0.15, 0.2) is 4.34 Å². The third-order valence-corrected chi connectivity index (χ3v) is 6.80. The molecule has 8 nitrogen and oxygen atoms in total. The average Bonchev–Trinajstić information content (AvgIpc) is 3.08. The van der Waals surface area contributed by atoms with Crippen molar-refractivity contribution in [2.45, 2.75) is 44.7 Å². The highest BCUT2D eigenvalue weighted by Gasteiger charge is 2.12. The van der Waals surface area contributed by atoms with Crippen molar-refractivity contribution in [2.24, 2.45) is 0 Å². The zero-order chi connectivity index (χ0) is 21.4. The van der Waals surface area contributed by atoms with Crippen LogP contribution in [0.25, 0.3) is 10.9 Å². The Morgan fingerprint density at radius 2 is 1.77 bits per heavy atom. The molecule has 0 aliphatic heterocycles. The number of anilines is 2. The quantitative estimate of drug-likeness (QED) is 0.447. The summed E-state index contributed by atoms with van der Waals surface area (Å²) in [5, 5.41) is 13.0. The van der Waals surface area contributed by atoms with Gasteiger partial charge in [-0.3, -0.25) is 15.1 Å². The van der Waals surface area contributed by atoms with Crippen molar-refractivity contribution < 1.29 is 0 Å². The van der Waals surface area contributed by atoms with Crippen molar-refractivity contribution in [2.75, 3.05) is 5.32 Å². The average molecular weight is 440 g/mol. The van der Waals surface area contributed by atoms with Crippen LogP contribution in [0.2, 0.25) is 0 Å². The Hall–Kier alpha value is -2.85. The van der Waals surface area contributed by atoms with Crippen LogP contribution in [0.15, 0.2) is 21.3 Å². The van der Waals surface area contributed by atoms with Crippen LogP contribution in [0.3, 0.4) is 0 Å². The summed E-state index contributed by atoms with van der Waals surface area (Å²) < 4.78 is 0.832. The van der Waals surface area contributed by atoms with E-state index in [-0.39, 0.29) is 5.56 Å². The Morgan fingerprint density at radius 3 is 2.47 bits per heavy atom. The summed E-state index contributed by atoms with van der Waals surface area (Å²) in [5.74, 6) is 1.20. The molecule has 0 fully saturated rings. The van der Waals surface area contributed by atoms with Gasteiger partial charge in [-0.2, -0.15) is 0 Å². The molecule has 4 aromatic rings. The second-order valence-electron chi connectivity index (χ2n) is 7.07. The van der Waals surface area contributed by atoms with E-state index in [1.54, 1.807) is 0 Å². The van der Waals surface area contributed by atoms with E-state index >= 15 is 0 Å². The predicted molar refractivity (Wildman–Crippen MR) is 121 cm³/mol. The number of rotatable bonds is 5. The Bertz CT molecular complexity index is 1310. The maximum absolute atomic E-state index is 12.6. The van der Waals surface area contributed by atoms with Gasteiger partial charge in [0.2, 0.25) is 11.9 Å². The molecule has 154 valence electrons. The highest BCUT2D eigenvalue weighted by atomic mass is 32.2. The highest BCUT2D eigenvalue weighted by molar-refractivity contribution is 8.00. The number of nitrogens with zero attached hydrogens (tertiary/aromatic N) is 5. The first-order valence-corrected chi connectivity index (χ1v) is 11.2. The van der Waals surface area contributed by atoms with Crippen molar-refractivity contribution in [1.29, 1.82) is 0 Å². The lowest BCUT2D eigenvalue weighted by molar-refractivity contribution is 0.979. The summed E-state index contributed by atoms with van der Waals surface area (Å²) in [6, 6.07) is 4.14. The third kappa shape index (κ3) is 4.19. The zero-order valence-electron chi connectivity index (χ0n) is 17.3. The van der Waals surface area contributed by atoms with Crippen LogP contribution in [-0.2, 0) is 5.75 Å². The first kappa shape index (κ1) is 20.4. The second kappa shape index (κ2) is 8.11. The van der Waals surface area contributed by atoms with E-state index in [2.05, 4.69) is 55.4 Å². The number of H-pyrrole nitrogens is 1. The van der Waals surface area contributed by atoms with Gasteiger partial charge in [-0.15, -0.1) is 10.2 Å². The van der Waals surface area contributed by atoms with E-state index in [1.807, 2.05) is 26.8 Å². The molecule has 0 amide bonds. The van der Waals surface area contributed by atoms with E-state index in [9.17, 15) is 4.79 Å². The fourth-order valence-corrected chi connectivity index (χ4v) is 4.91. The molecular weight excluding hydrogens is 418 g/mol. The van der Waals surface area contributed by atoms with Gasteiger partial charge in [-0.1, -0.05) is 23.1 Å². The largest absolute Gasteiger partial charge is 0.294 e. The van der Waals surface area contributed by atoms with Crippen LogP contribution in [0.4, 0.5) is 11.9 Å². The molecule has 2 N–H and O–H groups in total. The number of hydrogen-bond acceptors (Lipinski definition) is 9. The molecule has 3 aromatic heterocycles. The fraction of sp³-hybridized carbons (Fsp3) is 0.300. The first-order valence-electron chi connectivity index (χ1n) is 9.35. The summed E-state index contributed by atoms with van der Waals surface area (Å²) in [7, 11) is 0. The SMILES string of the molecule is Cc1nnc(SCc2c(C)nc(Nc3nc(C)c4cc(C)c(C)cc4n3)[nH]c2=O)s1. The van der Waals surface area contributed by atoms with Gasteiger partial charge < -0.3 is 0 Å². The van der Waals surface area contributed by atoms with Crippen LogP contribution >= 0.6 is 23.1 Å². The standard InChI is InChI=1S/C20H21N7OS2/c1-9-6-14-11(3)21-18(23-16(14)7-10(9)2)25-19-22-12(4)15(17(28)24-19)8-29-20-27-26-13(5)30-20/h6-7H,8H2,1-5H3,(H2,21,22,23,24,25,28). The molecule has 0 saturated carbocycles. The minimum Gasteiger partial charge on any atom is -0.294 e. The van der Waals surface area contributed by atoms with Crippen LogP contribution in [0, 0.1) is 34.6 Å². The summed E-state index contributed by atoms with van der Waals surface area (Å²) in [5.41, 5.74) is 5.16. The number of hydrogen-bond donors (Lipinski definition) is 2. The van der Waals surface area contributed by atoms with Crippen LogP contribution in [0.1, 0.15) is 33.1 Å². The lowest BCUT2D eigenvalue weighted by Crippen LogP contribution is -2.18. The molecule has 0 spiro atoms. The smallest absolute Gasteiger partial charge is 0.256 e. The number of aryl methyl sites for hydroxylation is 5. The second-order valence-corrected chi connectivity index (χ2v) is 9.47. The molecule has 0 aliphatic carbocycles. The number of nitrogens with one attached hydrogen (secondary N) is 2. The van der Waals surface area contributed by atoms with Gasteiger partial charge >= 0.3 is 0 Å². The van der Waals surface area contributed by atoms with E-state index in [4.69, 9.17) is 0 Å². The highest BCUT2D eigenvalue weighted by Crippen LogP contribution is 2.26. The summed E-state index contributed by atoms with van der Waals surface area (Å²) in [6.07, 6.45) is 0. The lowest BCUT2D eigenvalue weighted by Gasteiger charge is -2.10. The molecular formula is C20H21N7OS2. The summed E-state index contributed by atoms with van der Waals surface area (Å²) in [6.45, 7) is 9.80. The minimum absolute atomic E-state index is 0.192. The van der Waals surface area contributed by atoms with Crippen LogP contribution < -0.4 is 10.9 Å². The molecule has 4 rings (SSSR count). The Morgan fingerprint density at radius 1 is 1.00 bits per heavy atom. The number of benzene rings is 1. The van der Waals surface area contributed by atoms with E-state index in [1.165, 1.54) is 34.2 Å². The topological polar surface area (TPSA) is 109 Å². The summed E-state index contributed by atoms with van der Waals surface area (Å²) >= 11 is 2.98. The van der Waals surface area contributed by atoms with Crippen molar-refractivity contribution in [1.82, 2.24) is 30.1 Å². The number of fused-ring (bicyclic) bond motifs is 1. The molecule has 10 heteroatoms. The van der Waals surface area contributed by atoms with Crippen molar-refractivity contribution in [3.05, 3.63) is 55.6 Å². The van der Waals surface area contributed by atoms with Crippen molar-refractivity contribution in [3.8, 4) is 0 Å². The van der Waals surface area contributed by atoms with Gasteiger partial charge in [0.25, 0.3) is 5.56 Å². The first-order chi connectivity index (χ1) is 14.3. The van der Waals surface area contributed by atoms with Gasteiger partial charge in [0.1, 0.15) is 5.01 Å². The molecule has 0 atom stereocenters. The Labute approximate surface area is 181 Å². The summed E-state index contributed by atoms with van der Waals surface area (Å²) in [4.78, 5) is 29.0. The molecule has 0 saturated heterocycles. The maximum Gasteiger partial charge on any atom is 0.256 e. The molecule has 0 radical (unpaired) electrons. The zero-order valence-corrected chi connectivity index (χ0v) is 19.0. The maximum atomic E-state index is 12.6. The monoisotopic (exact) mass is 439 g/mol. The van der Waals surface area contributed by atoms with Gasteiger partial charge in [0, 0.05) is 16.7 Å². The van der Waals surface area contributed by atoms with Crippen molar-refractivity contribution >= 4 is 45.9 Å². The van der Waals surface area contributed by atoms with Gasteiger partial charge in [-0.25, -0.2) is 15.0 Å². The predicted octanol–water partition coefficient (Wildman–Crippen LogP) is 4.14. The Balaban J connectivity index is 1.59. The van der Waals surface area contributed by atoms with Gasteiger partial charge in [-0.05, 0) is 57.9 Å². The molecule has 1 aromatic carbocycles. The number of aromatic nitrogens is 6. The van der Waals surface area contributed by atoms with Crippen molar-refractivity contribution in [3.63, 3.8) is 0 Å². The molecule has 30 heavy (non-hydrogen) atoms. The Kier molecular flexibility index (Phi) is 5.52. The number of aromatic amines is 1. The van der Waals surface area contributed by atoms with Crippen LogP contribution in [-0.4, -0.2) is 30.1 Å². The van der Waals surface area contributed by atoms with E-state index in [0.717, 1.165) is 25.9 Å². The molecule has 0 bridgehead atoms.